The third-order valence-corrected chi connectivity index (χ3v) is 6.73. The lowest BCUT2D eigenvalue weighted by atomic mass is 9.63. The quantitative estimate of drug-likeness (QED) is 0.788. The van der Waals surface area contributed by atoms with Gasteiger partial charge in [-0.25, -0.2) is 4.98 Å². The zero-order valence-electron chi connectivity index (χ0n) is 12.2. The average Bonchev–Trinajstić information content (AvgIpc) is 2.82. The highest BCUT2D eigenvalue weighted by atomic mass is 35.5. The van der Waals surface area contributed by atoms with Crippen LogP contribution < -0.4 is 4.74 Å². The van der Waals surface area contributed by atoms with Crippen LogP contribution in [0.2, 0.25) is 5.02 Å². The summed E-state index contributed by atoms with van der Waals surface area (Å²) >= 11 is 7.66. The van der Waals surface area contributed by atoms with Crippen molar-refractivity contribution in [2.24, 2.45) is 17.8 Å². The number of fused-ring (bicyclic) bond motifs is 1. The lowest BCUT2D eigenvalue weighted by Gasteiger charge is -2.59. The Hall–Kier alpha value is -0.775. The SMILES string of the molecule is [B][N+]12CC3CC(C1)C(Oc1nc4ccc(Cl)cc4s1)C(C3)C2. The number of hydrogen-bond donors (Lipinski definition) is 0. The number of benzene rings is 1. The molecule has 2 atom stereocenters. The Morgan fingerprint density at radius 3 is 2.73 bits per heavy atom. The number of halogens is 1. The first kappa shape index (κ1) is 13.6. The largest absolute Gasteiger partial charge is 0.481 e. The standard InChI is InChI=1S/C16H17BClN2OS/c17-20-6-9-3-10(7-20)15(11(4-9)8-20)21-16-19-13-2-1-12(18)5-14(13)22-16/h1-2,5,9-11,15H,3-4,6-8H2/q+1. The second-order valence-electron chi connectivity index (χ2n) is 7.30. The van der Waals surface area contributed by atoms with E-state index < -0.39 is 0 Å². The fourth-order valence-electron chi connectivity index (χ4n) is 5.02. The van der Waals surface area contributed by atoms with Crippen LogP contribution in [0.3, 0.4) is 0 Å². The van der Waals surface area contributed by atoms with Crippen LogP contribution in [0.1, 0.15) is 12.8 Å². The third kappa shape index (κ3) is 2.09. The Morgan fingerprint density at radius 2 is 2.00 bits per heavy atom. The molecule has 112 valence electrons. The highest BCUT2D eigenvalue weighted by Crippen LogP contribution is 2.48. The first-order valence-corrected chi connectivity index (χ1v) is 9.15. The molecule has 4 heterocycles. The van der Waals surface area contributed by atoms with Crippen molar-refractivity contribution in [2.75, 3.05) is 19.6 Å². The Morgan fingerprint density at radius 1 is 1.23 bits per heavy atom. The van der Waals surface area contributed by atoms with E-state index in [4.69, 9.17) is 24.3 Å². The van der Waals surface area contributed by atoms with Gasteiger partial charge in [0.1, 0.15) is 6.10 Å². The molecule has 2 unspecified atom stereocenters. The second-order valence-corrected chi connectivity index (χ2v) is 8.73. The number of aromatic nitrogens is 1. The summed E-state index contributed by atoms with van der Waals surface area (Å²) in [4.78, 5) is 4.62. The number of piperidine rings is 3. The molecule has 4 bridgehead atoms. The van der Waals surface area contributed by atoms with Gasteiger partial charge >= 0.3 is 7.98 Å². The van der Waals surface area contributed by atoms with Crippen LogP contribution in [-0.4, -0.2) is 43.1 Å². The Balaban J connectivity index is 1.43. The van der Waals surface area contributed by atoms with Crippen molar-refractivity contribution >= 4 is 41.1 Å². The van der Waals surface area contributed by atoms with Crippen molar-refractivity contribution in [1.82, 2.24) is 4.98 Å². The van der Waals surface area contributed by atoms with Gasteiger partial charge in [-0.05, 0) is 31.0 Å². The van der Waals surface area contributed by atoms with Crippen LogP contribution >= 0.6 is 22.9 Å². The Labute approximate surface area is 140 Å². The van der Waals surface area contributed by atoms with E-state index in [1.165, 1.54) is 19.4 Å². The Kier molecular flexibility index (Phi) is 2.87. The fraction of sp³-hybridized carbons (Fsp3) is 0.562. The summed E-state index contributed by atoms with van der Waals surface area (Å²) in [6.45, 7) is 3.29. The molecule has 4 fully saturated rings. The molecule has 1 aromatic carbocycles. The van der Waals surface area contributed by atoms with Gasteiger partial charge in [0.2, 0.25) is 0 Å². The lowest BCUT2D eigenvalue weighted by molar-refractivity contribution is -0.852. The molecule has 1 aromatic heterocycles. The number of thiazole rings is 1. The van der Waals surface area contributed by atoms with Crippen molar-refractivity contribution < 1.29 is 9.13 Å². The van der Waals surface area contributed by atoms with Gasteiger partial charge < -0.3 is 9.13 Å². The zero-order valence-corrected chi connectivity index (χ0v) is 13.8. The number of quaternary nitrogens is 1. The fourth-order valence-corrected chi connectivity index (χ4v) is 6.15. The maximum atomic E-state index is 6.51. The molecule has 0 N–H and O–H groups in total. The molecule has 2 aromatic rings. The van der Waals surface area contributed by atoms with Gasteiger partial charge in [0.25, 0.3) is 5.19 Å². The molecule has 2 radical (unpaired) electrons. The van der Waals surface area contributed by atoms with E-state index in [1.807, 2.05) is 18.2 Å². The van der Waals surface area contributed by atoms with E-state index in [-0.39, 0.29) is 0 Å². The predicted molar refractivity (Wildman–Crippen MR) is 89.4 cm³/mol. The number of ether oxygens (including phenoxy) is 1. The van der Waals surface area contributed by atoms with E-state index in [1.54, 1.807) is 11.3 Å². The predicted octanol–water partition coefficient (Wildman–Crippen LogP) is 3.27. The van der Waals surface area contributed by atoms with E-state index in [0.717, 1.165) is 43.8 Å². The van der Waals surface area contributed by atoms with Crippen molar-refractivity contribution in [1.29, 1.82) is 0 Å². The summed E-state index contributed by atoms with van der Waals surface area (Å²) in [6.07, 6.45) is 2.84. The second kappa shape index (κ2) is 4.62. The van der Waals surface area contributed by atoms with Crippen molar-refractivity contribution in [3.05, 3.63) is 23.2 Å². The summed E-state index contributed by atoms with van der Waals surface area (Å²) in [7, 11) is 6.51. The van der Waals surface area contributed by atoms with Gasteiger partial charge in [-0.15, -0.1) is 0 Å². The third-order valence-electron chi connectivity index (χ3n) is 5.59. The lowest BCUT2D eigenvalue weighted by Crippen LogP contribution is -2.70. The zero-order chi connectivity index (χ0) is 14.9. The van der Waals surface area contributed by atoms with E-state index >= 15 is 0 Å². The van der Waals surface area contributed by atoms with Crippen LogP contribution in [-0.2, 0) is 0 Å². The normalized spacial score (nSPS) is 39.5. The molecular formula is C16H17BClN2OS+. The maximum Gasteiger partial charge on any atom is 0.481 e. The minimum atomic E-state index is 0.294. The van der Waals surface area contributed by atoms with Gasteiger partial charge in [-0.3, -0.25) is 0 Å². The summed E-state index contributed by atoms with van der Waals surface area (Å²) in [5.74, 6) is 1.98. The van der Waals surface area contributed by atoms with Gasteiger partial charge in [-0.2, -0.15) is 0 Å². The van der Waals surface area contributed by atoms with Crippen LogP contribution in [0.15, 0.2) is 18.2 Å². The van der Waals surface area contributed by atoms with Crippen LogP contribution in [0, 0.1) is 17.8 Å². The van der Waals surface area contributed by atoms with Crippen molar-refractivity contribution in [2.45, 2.75) is 18.9 Å². The minimum absolute atomic E-state index is 0.294. The molecule has 0 spiro atoms. The summed E-state index contributed by atoms with van der Waals surface area (Å²) in [5, 5.41) is 1.54. The number of nitrogens with zero attached hydrogens (tertiary/aromatic N) is 2. The molecule has 6 heteroatoms. The molecule has 3 nitrogen and oxygen atoms in total. The minimum Gasteiger partial charge on any atom is -0.466 e. The van der Waals surface area contributed by atoms with E-state index in [2.05, 4.69) is 4.98 Å². The van der Waals surface area contributed by atoms with Gasteiger partial charge in [0.05, 0.1) is 29.9 Å². The molecule has 6 rings (SSSR count). The van der Waals surface area contributed by atoms with E-state index in [0.29, 0.717) is 17.9 Å². The first-order valence-electron chi connectivity index (χ1n) is 7.95. The van der Waals surface area contributed by atoms with E-state index in [9.17, 15) is 0 Å². The highest BCUT2D eigenvalue weighted by Gasteiger charge is 2.55. The molecule has 4 aliphatic rings. The first-order chi connectivity index (χ1) is 10.6. The van der Waals surface area contributed by atoms with Gasteiger partial charge in [-0.1, -0.05) is 22.9 Å². The highest BCUT2D eigenvalue weighted by molar-refractivity contribution is 7.20. The van der Waals surface area contributed by atoms with Crippen LogP contribution in [0.25, 0.3) is 10.2 Å². The van der Waals surface area contributed by atoms with Crippen LogP contribution in [0.5, 0.6) is 5.19 Å². The maximum absolute atomic E-state index is 6.51. The summed E-state index contributed by atoms with van der Waals surface area (Å²) < 4.78 is 8.23. The summed E-state index contributed by atoms with van der Waals surface area (Å²) in [5.41, 5.74) is 0.972. The molecule has 3 aliphatic heterocycles. The molecule has 1 aliphatic carbocycles. The smallest absolute Gasteiger partial charge is 0.466 e. The number of rotatable bonds is 2. The topological polar surface area (TPSA) is 22.1 Å². The molecule has 1 saturated carbocycles. The molecular weight excluding hydrogens is 315 g/mol. The van der Waals surface area contributed by atoms with Gasteiger partial charge in [0.15, 0.2) is 0 Å². The average molecular weight is 332 g/mol. The molecule has 0 amide bonds. The monoisotopic (exact) mass is 331 g/mol. The van der Waals surface area contributed by atoms with Crippen molar-refractivity contribution in [3.8, 4) is 5.19 Å². The Bertz CT molecular complexity index is 735. The van der Waals surface area contributed by atoms with Crippen molar-refractivity contribution in [3.63, 3.8) is 0 Å². The number of hydrogen-bond acceptors (Lipinski definition) is 3. The van der Waals surface area contributed by atoms with Crippen LogP contribution in [0.4, 0.5) is 0 Å². The molecule has 3 saturated heterocycles. The van der Waals surface area contributed by atoms with Gasteiger partial charge in [0, 0.05) is 22.8 Å². The molecule has 22 heavy (non-hydrogen) atoms. The summed E-state index contributed by atoms with van der Waals surface area (Å²) in [6, 6.07) is 5.81.